The van der Waals surface area contributed by atoms with Gasteiger partial charge in [0, 0.05) is 41.5 Å². The van der Waals surface area contributed by atoms with Crippen LogP contribution in [0.3, 0.4) is 0 Å². The lowest BCUT2D eigenvalue weighted by Crippen LogP contribution is -2.53. The van der Waals surface area contributed by atoms with E-state index in [1.807, 2.05) is 53.0 Å². The summed E-state index contributed by atoms with van der Waals surface area (Å²) in [7, 11) is 4.20. The minimum absolute atomic E-state index is 0.0135. The number of hydrogen-bond acceptors (Lipinski definition) is 5. The van der Waals surface area contributed by atoms with Crippen molar-refractivity contribution in [1.82, 2.24) is 19.8 Å². The van der Waals surface area contributed by atoms with E-state index >= 15 is 0 Å². The smallest absolute Gasteiger partial charge is 0.251 e. The second-order valence-corrected chi connectivity index (χ2v) is 8.31. The maximum absolute atomic E-state index is 12.5. The maximum atomic E-state index is 12.5. The third-order valence-electron chi connectivity index (χ3n) is 4.81. The molecule has 1 aliphatic heterocycles. The van der Waals surface area contributed by atoms with E-state index in [0.717, 1.165) is 28.8 Å². The molecular formula is C18H24N4OS2. The quantitative estimate of drug-likeness (QED) is 0.786. The Morgan fingerprint density at radius 1 is 1.40 bits per heavy atom. The van der Waals surface area contributed by atoms with E-state index in [1.54, 1.807) is 18.0 Å². The second kappa shape index (κ2) is 7.85. The number of rotatable bonds is 6. The van der Waals surface area contributed by atoms with Crippen molar-refractivity contribution in [3.05, 3.63) is 42.2 Å². The lowest BCUT2D eigenvalue weighted by Gasteiger charge is -2.35. The van der Waals surface area contributed by atoms with E-state index in [0.29, 0.717) is 12.1 Å². The Morgan fingerprint density at radius 2 is 2.16 bits per heavy atom. The molecule has 1 aromatic heterocycles. The maximum Gasteiger partial charge on any atom is 0.251 e. The molecule has 1 saturated heterocycles. The molecule has 1 aromatic carbocycles. The molecule has 1 N–H and O–H groups in total. The van der Waals surface area contributed by atoms with Gasteiger partial charge in [-0.1, -0.05) is 11.8 Å². The third-order valence-corrected chi connectivity index (χ3v) is 6.71. The number of aromatic nitrogens is 2. The van der Waals surface area contributed by atoms with Crippen molar-refractivity contribution in [1.29, 1.82) is 0 Å². The fourth-order valence-electron chi connectivity index (χ4n) is 3.00. The number of hydrogen-bond donors (Lipinski definition) is 1. The molecule has 0 unspecified atom stereocenters. The van der Waals surface area contributed by atoms with Crippen LogP contribution < -0.4 is 5.32 Å². The minimum atomic E-state index is -0.0135. The largest absolute Gasteiger partial charge is 0.350 e. The number of carbonyl (C=O) groups excluding carboxylic acids is 1. The molecule has 0 radical (unpaired) electrons. The van der Waals surface area contributed by atoms with E-state index in [4.69, 9.17) is 0 Å². The summed E-state index contributed by atoms with van der Waals surface area (Å²) >= 11 is 3.55. The Hall–Kier alpha value is -1.44. The summed E-state index contributed by atoms with van der Waals surface area (Å²) in [5.74, 6) is 2.21. The zero-order chi connectivity index (χ0) is 17.9. The van der Waals surface area contributed by atoms with Gasteiger partial charge in [-0.3, -0.25) is 9.36 Å². The highest BCUT2D eigenvalue weighted by Crippen LogP contribution is 2.31. The molecule has 1 aliphatic rings. The first-order chi connectivity index (χ1) is 12.1. The average Bonchev–Trinajstić information content (AvgIpc) is 3.29. The minimum Gasteiger partial charge on any atom is -0.350 e. The van der Waals surface area contributed by atoms with Gasteiger partial charge in [0.2, 0.25) is 0 Å². The normalized spacial score (nSPS) is 20.2. The van der Waals surface area contributed by atoms with Crippen molar-refractivity contribution in [3.63, 3.8) is 0 Å². The van der Waals surface area contributed by atoms with Crippen molar-refractivity contribution in [2.24, 2.45) is 0 Å². The predicted octanol–water partition coefficient (Wildman–Crippen LogP) is 2.76. The number of nitrogens with one attached hydrogen (secondary N) is 1. The molecule has 0 spiro atoms. The highest BCUT2D eigenvalue weighted by molar-refractivity contribution is 7.99. The van der Waals surface area contributed by atoms with Gasteiger partial charge in [-0.2, -0.15) is 11.8 Å². The third kappa shape index (κ3) is 3.88. The Labute approximate surface area is 157 Å². The van der Waals surface area contributed by atoms with Crippen LogP contribution in [0.2, 0.25) is 0 Å². The van der Waals surface area contributed by atoms with Crippen LogP contribution >= 0.6 is 23.5 Å². The number of carbonyl (C=O) groups is 1. The molecule has 5 nitrogen and oxygen atoms in total. The summed E-state index contributed by atoms with van der Waals surface area (Å²) in [6, 6.07) is 7.67. The SMILES string of the molecule is CSc1nccn1-c1ccc(C(=O)NC[C@]2(N(C)C)CCSC2)cc1. The molecule has 134 valence electrons. The zero-order valence-corrected chi connectivity index (χ0v) is 16.5. The average molecular weight is 377 g/mol. The summed E-state index contributed by atoms with van der Waals surface area (Å²) in [6.07, 6.45) is 6.83. The Balaban J connectivity index is 1.67. The van der Waals surface area contributed by atoms with Gasteiger partial charge < -0.3 is 10.2 Å². The van der Waals surface area contributed by atoms with Gasteiger partial charge in [0.05, 0.1) is 0 Å². The van der Waals surface area contributed by atoms with Crippen molar-refractivity contribution >= 4 is 29.4 Å². The van der Waals surface area contributed by atoms with Gasteiger partial charge in [0.25, 0.3) is 5.91 Å². The number of nitrogens with zero attached hydrogens (tertiary/aromatic N) is 3. The van der Waals surface area contributed by atoms with E-state index in [9.17, 15) is 4.79 Å². The number of thioether (sulfide) groups is 2. The summed E-state index contributed by atoms with van der Waals surface area (Å²) in [5.41, 5.74) is 1.77. The number of likely N-dealkylation sites (N-methyl/N-ethyl adjacent to an activating group) is 1. The monoisotopic (exact) mass is 376 g/mol. The first-order valence-corrected chi connectivity index (χ1v) is 10.6. The molecule has 25 heavy (non-hydrogen) atoms. The van der Waals surface area contributed by atoms with E-state index in [1.165, 1.54) is 0 Å². The second-order valence-electron chi connectivity index (χ2n) is 6.43. The van der Waals surface area contributed by atoms with Gasteiger partial charge in [-0.15, -0.1) is 0 Å². The first-order valence-electron chi connectivity index (χ1n) is 8.27. The van der Waals surface area contributed by atoms with Crippen LogP contribution in [0.25, 0.3) is 5.69 Å². The predicted molar refractivity (Wildman–Crippen MR) is 106 cm³/mol. The van der Waals surface area contributed by atoms with Crippen molar-refractivity contribution < 1.29 is 4.79 Å². The van der Waals surface area contributed by atoms with E-state index in [-0.39, 0.29) is 11.4 Å². The van der Waals surface area contributed by atoms with Crippen LogP contribution in [-0.4, -0.2) is 64.3 Å². The molecule has 0 aliphatic carbocycles. The van der Waals surface area contributed by atoms with Gasteiger partial charge >= 0.3 is 0 Å². The molecule has 3 rings (SSSR count). The summed E-state index contributed by atoms with van der Waals surface area (Å²) in [6.45, 7) is 0.686. The van der Waals surface area contributed by atoms with Gasteiger partial charge in [-0.25, -0.2) is 4.98 Å². The van der Waals surface area contributed by atoms with Crippen LogP contribution in [0.1, 0.15) is 16.8 Å². The standard InChI is InChI=1S/C18H24N4OS2/c1-21(2)18(8-11-25-13-18)12-20-16(23)14-4-6-15(7-5-14)22-10-9-19-17(22)24-3/h4-7,9-10H,8,11-13H2,1-3H3,(H,20,23)/t18-/m1/s1. The fourth-order valence-corrected chi connectivity index (χ4v) is 5.09. The highest BCUT2D eigenvalue weighted by Gasteiger charge is 2.36. The molecule has 1 fully saturated rings. The Morgan fingerprint density at radius 3 is 2.76 bits per heavy atom. The zero-order valence-electron chi connectivity index (χ0n) is 14.9. The van der Waals surface area contributed by atoms with E-state index in [2.05, 4.69) is 29.3 Å². The fraction of sp³-hybridized carbons (Fsp3) is 0.444. The molecule has 7 heteroatoms. The number of amides is 1. The molecule has 2 aromatic rings. The van der Waals surface area contributed by atoms with Crippen LogP contribution in [-0.2, 0) is 0 Å². The number of imidazole rings is 1. The molecule has 2 heterocycles. The van der Waals surface area contributed by atoms with Crippen molar-refractivity contribution in [2.75, 3.05) is 38.4 Å². The van der Waals surface area contributed by atoms with Crippen LogP contribution in [0, 0.1) is 0 Å². The summed E-state index contributed by atoms with van der Waals surface area (Å²) < 4.78 is 2.02. The molecular weight excluding hydrogens is 352 g/mol. The Kier molecular flexibility index (Phi) is 5.76. The van der Waals surface area contributed by atoms with Gasteiger partial charge in [-0.05, 0) is 56.8 Å². The first kappa shape index (κ1) is 18.4. The molecule has 1 atom stereocenters. The van der Waals surface area contributed by atoms with Crippen molar-refractivity contribution in [3.8, 4) is 5.69 Å². The molecule has 0 saturated carbocycles. The Bertz CT molecular complexity index is 721. The lowest BCUT2D eigenvalue weighted by atomic mass is 9.97. The lowest BCUT2D eigenvalue weighted by molar-refractivity contribution is 0.0914. The topological polar surface area (TPSA) is 50.2 Å². The molecule has 0 bridgehead atoms. The van der Waals surface area contributed by atoms with Gasteiger partial charge in [0.15, 0.2) is 5.16 Å². The summed E-state index contributed by atoms with van der Waals surface area (Å²) in [5, 5.41) is 4.06. The van der Waals surface area contributed by atoms with Crippen LogP contribution in [0.5, 0.6) is 0 Å². The molecule has 1 amide bonds. The van der Waals surface area contributed by atoms with Gasteiger partial charge in [0.1, 0.15) is 0 Å². The van der Waals surface area contributed by atoms with Crippen LogP contribution in [0.4, 0.5) is 0 Å². The highest BCUT2D eigenvalue weighted by atomic mass is 32.2. The van der Waals surface area contributed by atoms with E-state index < -0.39 is 0 Å². The van der Waals surface area contributed by atoms with Crippen LogP contribution in [0.15, 0.2) is 41.8 Å². The van der Waals surface area contributed by atoms with Crippen molar-refractivity contribution in [2.45, 2.75) is 17.1 Å². The summed E-state index contributed by atoms with van der Waals surface area (Å²) in [4.78, 5) is 19.1. The number of benzene rings is 1.